The first-order valence-electron chi connectivity index (χ1n) is 7.41. The largest absolute Gasteiger partial charge is 0.477 e. The molecular weight excluding hydrogens is 254 g/mol. The molecule has 5 heteroatoms. The van der Waals surface area contributed by atoms with Crippen molar-refractivity contribution < 1.29 is 9.94 Å². The van der Waals surface area contributed by atoms with E-state index in [0.717, 1.165) is 30.9 Å². The average molecular weight is 275 g/mol. The van der Waals surface area contributed by atoms with Gasteiger partial charge in [-0.15, -0.1) is 0 Å². The summed E-state index contributed by atoms with van der Waals surface area (Å²) in [4.78, 5) is 4.61. The molecule has 0 spiro atoms. The number of hydrogen-bond donors (Lipinski definition) is 2. The molecule has 3 rings (SSSR count). The maximum atomic E-state index is 8.92. The zero-order valence-electron chi connectivity index (χ0n) is 11.6. The van der Waals surface area contributed by atoms with Crippen molar-refractivity contribution in [2.75, 3.05) is 6.61 Å². The highest BCUT2D eigenvalue weighted by molar-refractivity contribution is 5.99. The first-order chi connectivity index (χ1) is 9.78. The second-order valence-electron chi connectivity index (χ2n) is 5.72. The second-order valence-corrected chi connectivity index (χ2v) is 5.72. The molecule has 1 heterocycles. The van der Waals surface area contributed by atoms with E-state index in [0.29, 0.717) is 18.1 Å². The van der Waals surface area contributed by atoms with Crippen LogP contribution in [0.5, 0.6) is 5.88 Å². The normalized spacial score (nSPS) is 18.7. The van der Waals surface area contributed by atoms with Crippen molar-refractivity contribution in [1.29, 1.82) is 0 Å². The van der Waals surface area contributed by atoms with E-state index >= 15 is 0 Å². The van der Waals surface area contributed by atoms with Gasteiger partial charge in [-0.05, 0) is 49.7 Å². The Morgan fingerprint density at radius 1 is 1.40 bits per heavy atom. The standard InChI is InChI=1S/C15H21N3O2/c16-14(18-19)12-9-11-3-1-2-4-13(11)17-15(12)20-8-7-10-5-6-10/h9-10,19H,1-8H2,(H2,16,18). The topological polar surface area (TPSA) is 80.7 Å². The molecule has 0 radical (unpaired) electrons. The highest BCUT2D eigenvalue weighted by Crippen LogP contribution is 2.32. The molecule has 0 atom stereocenters. The van der Waals surface area contributed by atoms with E-state index < -0.39 is 0 Å². The van der Waals surface area contributed by atoms with Crippen LogP contribution in [0.3, 0.4) is 0 Å². The van der Waals surface area contributed by atoms with Gasteiger partial charge in [-0.1, -0.05) is 18.0 Å². The number of aromatic nitrogens is 1. The zero-order valence-corrected chi connectivity index (χ0v) is 11.6. The number of fused-ring (bicyclic) bond motifs is 1. The van der Waals surface area contributed by atoms with Gasteiger partial charge in [0, 0.05) is 5.69 Å². The van der Waals surface area contributed by atoms with E-state index in [2.05, 4.69) is 10.1 Å². The Balaban J connectivity index is 1.83. The minimum absolute atomic E-state index is 0.0762. The van der Waals surface area contributed by atoms with Gasteiger partial charge in [0.2, 0.25) is 5.88 Å². The molecule has 20 heavy (non-hydrogen) atoms. The van der Waals surface area contributed by atoms with Crippen LogP contribution in [0, 0.1) is 5.92 Å². The molecule has 1 aromatic rings. The monoisotopic (exact) mass is 275 g/mol. The van der Waals surface area contributed by atoms with E-state index in [1.807, 2.05) is 6.07 Å². The number of nitrogens with two attached hydrogens (primary N) is 1. The fourth-order valence-electron chi connectivity index (χ4n) is 2.69. The van der Waals surface area contributed by atoms with Crippen molar-refractivity contribution in [3.8, 4) is 5.88 Å². The van der Waals surface area contributed by atoms with E-state index in [1.165, 1.54) is 31.2 Å². The molecule has 0 unspecified atom stereocenters. The molecule has 2 aliphatic carbocycles. The number of nitrogens with zero attached hydrogens (tertiary/aromatic N) is 2. The quantitative estimate of drug-likeness (QED) is 0.374. The summed E-state index contributed by atoms with van der Waals surface area (Å²) in [6.07, 6.45) is 8.04. The number of hydrogen-bond acceptors (Lipinski definition) is 4. The van der Waals surface area contributed by atoms with Gasteiger partial charge in [-0.3, -0.25) is 0 Å². The van der Waals surface area contributed by atoms with Crippen LogP contribution in [0.15, 0.2) is 11.2 Å². The summed E-state index contributed by atoms with van der Waals surface area (Å²) in [5.74, 6) is 1.41. The van der Waals surface area contributed by atoms with Gasteiger partial charge in [-0.25, -0.2) is 4.98 Å². The summed E-state index contributed by atoms with van der Waals surface area (Å²) < 4.78 is 5.79. The number of amidine groups is 1. The Morgan fingerprint density at radius 3 is 2.95 bits per heavy atom. The Labute approximate surface area is 118 Å². The number of aryl methyl sites for hydroxylation is 2. The molecular formula is C15H21N3O2. The maximum absolute atomic E-state index is 8.92. The molecule has 3 N–H and O–H groups in total. The van der Waals surface area contributed by atoms with E-state index in [1.54, 1.807) is 0 Å². The smallest absolute Gasteiger partial charge is 0.224 e. The Bertz CT molecular complexity index is 524. The lowest BCUT2D eigenvalue weighted by atomic mass is 9.95. The second kappa shape index (κ2) is 5.69. The molecule has 108 valence electrons. The summed E-state index contributed by atoms with van der Waals surface area (Å²) >= 11 is 0. The Morgan fingerprint density at radius 2 is 2.20 bits per heavy atom. The third-order valence-corrected chi connectivity index (χ3v) is 4.11. The molecule has 1 aromatic heterocycles. The minimum atomic E-state index is 0.0762. The van der Waals surface area contributed by atoms with Crippen molar-refractivity contribution in [2.45, 2.75) is 44.9 Å². The predicted octanol–water partition coefficient (Wildman–Crippen LogP) is 2.23. The van der Waals surface area contributed by atoms with Crippen LogP contribution >= 0.6 is 0 Å². The number of pyridine rings is 1. The van der Waals surface area contributed by atoms with Crippen molar-refractivity contribution in [3.63, 3.8) is 0 Å². The average Bonchev–Trinajstić information content (AvgIpc) is 3.30. The summed E-state index contributed by atoms with van der Waals surface area (Å²) in [6, 6.07) is 1.98. The Hall–Kier alpha value is -1.78. The van der Waals surface area contributed by atoms with Crippen LogP contribution in [0.2, 0.25) is 0 Å². The molecule has 0 bridgehead atoms. The third kappa shape index (κ3) is 2.86. The van der Waals surface area contributed by atoms with Gasteiger partial charge in [0.05, 0.1) is 12.2 Å². The van der Waals surface area contributed by atoms with Crippen molar-refractivity contribution in [2.24, 2.45) is 16.8 Å². The van der Waals surface area contributed by atoms with Crippen molar-refractivity contribution in [1.82, 2.24) is 4.98 Å². The Kier molecular flexibility index (Phi) is 3.76. The molecule has 0 aromatic carbocycles. The van der Waals surface area contributed by atoms with Gasteiger partial charge in [0.1, 0.15) is 0 Å². The highest BCUT2D eigenvalue weighted by atomic mass is 16.5. The molecule has 0 saturated heterocycles. The summed E-state index contributed by atoms with van der Waals surface area (Å²) in [5.41, 5.74) is 8.67. The van der Waals surface area contributed by atoms with Crippen LogP contribution in [0.4, 0.5) is 0 Å². The fourth-order valence-corrected chi connectivity index (χ4v) is 2.69. The molecule has 1 saturated carbocycles. The minimum Gasteiger partial charge on any atom is -0.477 e. The highest BCUT2D eigenvalue weighted by Gasteiger charge is 2.22. The zero-order chi connectivity index (χ0) is 13.9. The molecule has 0 aliphatic heterocycles. The molecule has 1 fully saturated rings. The van der Waals surface area contributed by atoms with Gasteiger partial charge >= 0.3 is 0 Å². The lowest BCUT2D eigenvalue weighted by Crippen LogP contribution is -2.19. The van der Waals surface area contributed by atoms with E-state index in [-0.39, 0.29) is 5.84 Å². The molecule has 5 nitrogen and oxygen atoms in total. The number of rotatable bonds is 5. The van der Waals surface area contributed by atoms with Crippen molar-refractivity contribution in [3.05, 3.63) is 22.9 Å². The third-order valence-electron chi connectivity index (χ3n) is 4.11. The van der Waals surface area contributed by atoms with Crippen LogP contribution in [0.1, 0.15) is 48.9 Å². The van der Waals surface area contributed by atoms with Gasteiger partial charge in [-0.2, -0.15) is 0 Å². The van der Waals surface area contributed by atoms with Gasteiger partial charge in [0.25, 0.3) is 0 Å². The summed E-state index contributed by atoms with van der Waals surface area (Å²) in [5, 5.41) is 12.0. The SMILES string of the molecule is N/C(=N/O)c1cc2c(nc1OCCC1CC1)CCCC2. The lowest BCUT2D eigenvalue weighted by molar-refractivity contribution is 0.288. The van der Waals surface area contributed by atoms with Crippen LogP contribution in [-0.4, -0.2) is 22.6 Å². The molecule has 0 amide bonds. The fraction of sp³-hybridized carbons (Fsp3) is 0.600. The van der Waals surface area contributed by atoms with Crippen LogP contribution in [-0.2, 0) is 12.8 Å². The lowest BCUT2D eigenvalue weighted by Gasteiger charge is -2.18. The first-order valence-corrected chi connectivity index (χ1v) is 7.41. The first kappa shape index (κ1) is 13.2. The van der Waals surface area contributed by atoms with Gasteiger partial charge in [0.15, 0.2) is 5.84 Å². The maximum Gasteiger partial charge on any atom is 0.224 e. The summed E-state index contributed by atoms with van der Waals surface area (Å²) in [6.45, 7) is 0.655. The van der Waals surface area contributed by atoms with Crippen molar-refractivity contribution >= 4 is 5.84 Å². The van der Waals surface area contributed by atoms with Crippen LogP contribution < -0.4 is 10.5 Å². The molecule has 2 aliphatic rings. The van der Waals surface area contributed by atoms with E-state index in [4.69, 9.17) is 15.7 Å². The van der Waals surface area contributed by atoms with Gasteiger partial charge < -0.3 is 15.7 Å². The number of oxime groups is 1. The van der Waals surface area contributed by atoms with Crippen LogP contribution in [0.25, 0.3) is 0 Å². The van der Waals surface area contributed by atoms with E-state index in [9.17, 15) is 0 Å². The predicted molar refractivity (Wildman–Crippen MR) is 76.2 cm³/mol. The summed E-state index contributed by atoms with van der Waals surface area (Å²) in [7, 11) is 0. The number of ether oxygens (including phenoxy) is 1.